The maximum atomic E-state index is 13.8. The normalized spacial score (nSPS) is 10.7. The molecule has 176 valence electrons. The summed E-state index contributed by atoms with van der Waals surface area (Å²) in [6, 6.07) is 15.7. The first-order chi connectivity index (χ1) is 16.4. The number of nitrogens with zero attached hydrogens (tertiary/aromatic N) is 1. The molecule has 10 heteroatoms. The predicted octanol–water partition coefficient (Wildman–Crippen LogP) is 5.20. The topological polar surface area (TPSA) is 89.0 Å². The Morgan fingerprint density at radius 2 is 1.76 bits per heavy atom. The van der Waals surface area contributed by atoms with E-state index in [2.05, 4.69) is 15.8 Å². The van der Waals surface area contributed by atoms with Gasteiger partial charge in [0.25, 0.3) is 0 Å². The number of carbonyl (C=O) groups excluding carboxylic acids is 2. The number of anilines is 1. The van der Waals surface area contributed by atoms with E-state index >= 15 is 0 Å². The van der Waals surface area contributed by atoms with E-state index in [9.17, 15) is 14.0 Å². The summed E-state index contributed by atoms with van der Waals surface area (Å²) in [5, 5.41) is 6.75. The fourth-order valence-electron chi connectivity index (χ4n) is 2.74. The second kappa shape index (κ2) is 12.0. The third-order valence-electron chi connectivity index (χ3n) is 4.37. The lowest BCUT2D eigenvalue weighted by molar-refractivity contribution is -0.136. The molecule has 0 aliphatic rings. The van der Waals surface area contributed by atoms with Crippen LogP contribution in [0.5, 0.6) is 11.5 Å². The first-order valence-corrected chi connectivity index (χ1v) is 10.9. The van der Waals surface area contributed by atoms with Crippen molar-refractivity contribution in [3.05, 3.63) is 87.7 Å². The third kappa shape index (κ3) is 6.94. The van der Waals surface area contributed by atoms with E-state index in [4.69, 9.17) is 32.7 Å². The quantitative estimate of drug-likeness (QED) is 0.251. The van der Waals surface area contributed by atoms with Gasteiger partial charge in [0.1, 0.15) is 12.4 Å². The Hall–Kier alpha value is -3.62. The van der Waals surface area contributed by atoms with Crippen molar-refractivity contribution in [3.63, 3.8) is 0 Å². The number of halogens is 3. The lowest BCUT2D eigenvalue weighted by atomic mass is 10.2. The lowest BCUT2D eigenvalue weighted by Gasteiger charge is -2.13. The molecule has 3 aromatic rings. The lowest BCUT2D eigenvalue weighted by Crippen LogP contribution is -2.32. The fraction of sp³-hybridized carbons (Fsp3) is 0.125. The van der Waals surface area contributed by atoms with Crippen LogP contribution >= 0.6 is 23.2 Å². The van der Waals surface area contributed by atoms with E-state index in [1.807, 2.05) is 6.92 Å². The van der Waals surface area contributed by atoms with Crippen LogP contribution in [0.25, 0.3) is 0 Å². The molecule has 0 saturated carbocycles. The molecule has 3 rings (SSSR count). The Morgan fingerprint density at radius 3 is 2.50 bits per heavy atom. The molecular weight excluding hydrogens is 484 g/mol. The Kier molecular flexibility index (Phi) is 8.84. The molecule has 7 nitrogen and oxygen atoms in total. The van der Waals surface area contributed by atoms with Crippen LogP contribution in [0.2, 0.25) is 10.0 Å². The number of hydrogen-bond acceptors (Lipinski definition) is 5. The number of amides is 2. The molecule has 2 N–H and O–H groups in total. The Bertz CT molecular complexity index is 1220. The van der Waals surface area contributed by atoms with Crippen molar-refractivity contribution >= 4 is 46.9 Å². The van der Waals surface area contributed by atoms with Gasteiger partial charge in [-0.3, -0.25) is 9.59 Å². The monoisotopic (exact) mass is 503 g/mol. The maximum Gasteiger partial charge on any atom is 0.329 e. The zero-order valence-corrected chi connectivity index (χ0v) is 19.5. The molecule has 0 bridgehead atoms. The highest BCUT2D eigenvalue weighted by molar-refractivity contribution is 6.42. The number of rotatable bonds is 8. The van der Waals surface area contributed by atoms with Crippen LogP contribution in [0.4, 0.5) is 10.1 Å². The summed E-state index contributed by atoms with van der Waals surface area (Å²) < 4.78 is 25.1. The van der Waals surface area contributed by atoms with Crippen LogP contribution in [-0.2, 0) is 16.2 Å². The maximum absolute atomic E-state index is 13.8. The Morgan fingerprint density at radius 1 is 0.971 bits per heavy atom. The van der Waals surface area contributed by atoms with Crippen LogP contribution in [0.1, 0.15) is 18.1 Å². The van der Waals surface area contributed by atoms with Crippen LogP contribution in [-0.4, -0.2) is 24.6 Å². The van der Waals surface area contributed by atoms with Gasteiger partial charge in [-0.2, -0.15) is 5.10 Å². The molecule has 0 aliphatic carbocycles. The van der Waals surface area contributed by atoms with Gasteiger partial charge in [-0.05, 0) is 55.0 Å². The molecular formula is C24H20Cl2FN3O4. The van der Waals surface area contributed by atoms with Crippen molar-refractivity contribution in [2.45, 2.75) is 13.5 Å². The average molecular weight is 504 g/mol. The number of carbonyl (C=O) groups is 2. The summed E-state index contributed by atoms with van der Waals surface area (Å²) in [4.78, 5) is 24.0. The van der Waals surface area contributed by atoms with Gasteiger partial charge < -0.3 is 14.8 Å². The van der Waals surface area contributed by atoms with Crippen LogP contribution in [0, 0.1) is 5.82 Å². The smallest absolute Gasteiger partial charge is 0.329 e. The fourth-order valence-corrected chi connectivity index (χ4v) is 3.04. The summed E-state index contributed by atoms with van der Waals surface area (Å²) in [6.07, 6.45) is 1.34. The molecule has 0 aromatic heterocycles. The second-order valence-electron chi connectivity index (χ2n) is 6.80. The van der Waals surface area contributed by atoms with E-state index in [1.165, 1.54) is 30.5 Å². The zero-order valence-electron chi connectivity index (χ0n) is 18.0. The van der Waals surface area contributed by atoms with Crippen molar-refractivity contribution in [1.29, 1.82) is 0 Å². The van der Waals surface area contributed by atoms with Gasteiger partial charge in [0.15, 0.2) is 11.5 Å². The largest absolute Gasteiger partial charge is 0.490 e. The molecule has 0 radical (unpaired) electrons. The highest BCUT2D eigenvalue weighted by atomic mass is 35.5. The SMILES string of the molecule is CCOc1cc(/C=N/NC(=O)C(=O)Nc2ccc(Cl)c(Cl)c2)ccc1OCc1ccccc1F. The first kappa shape index (κ1) is 25.0. The Labute approximate surface area is 205 Å². The highest BCUT2D eigenvalue weighted by Gasteiger charge is 2.14. The molecule has 0 heterocycles. The predicted molar refractivity (Wildman–Crippen MR) is 129 cm³/mol. The van der Waals surface area contributed by atoms with Gasteiger partial charge in [0.05, 0.1) is 22.9 Å². The molecule has 0 spiro atoms. The third-order valence-corrected chi connectivity index (χ3v) is 5.11. The number of hydrogen-bond donors (Lipinski definition) is 2. The molecule has 0 aliphatic heterocycles. The van der Waals surface area contributed by atoms with Crippen molar-refractivity contribution in [3.8, 4) is 11.5 Å². The van der Waals surface area contributed by atoms with Crippen LogP contribution in [0.3, 0.4) is 0 Å². The number of nitrogens with one attached hydrogen (secondary N) is 2. The van der Waals surface area contributed by atoms with Crippen molar-refractivity contribution < 1.29 is 23.5 Å². The highest BCUT2D eigenvalue weighted by Crippen LogP contribution is 2.29. The zero-order chi connectivity index (χ0) is 24.5. The van der Waals surface area contributed by atoms with Gasteiger partial charge in [-0.15, -0.1) is 0 Å². The Balaban J connectivity index is 1.60. The van der Waals surface area contributed by atoms with Crippen LogP contribution in [0.15, 0.2) is 65.8 Å². The standard InChI is InChI=1S/C24H20Cl2FN3O4/c1-2-33-22-11-15(7-10-21(22)34-14-16-5-3-4-6-20(16)27)13-28-30-24(32)23(31)29-17-8-9-18(25)19(26)12-17/h3-13H,2,14H2,1H3,(H,29,31)(H,30,32)/b28-13+. The van der Waals surface area contributed by atoms with E-state index in [0.717, 1.165) is 0 Å². The van der Waals surface area contributed by atoms with Crippen molar-refractivity contribution in [1.82, 2.24) is 5.43 Å². The summed E-state index contributed by atoms with van der Waals surface area (Å²) >= 11 is 11.7. The number of ether oxygens (including phenoxy) is 2. The van der Waals surface area contributed by atoms with Crippen LogP contribution < -0.4 is 20.2 Å². The molecule has 3 aromatic carbocycles. The molecule has 0 fully saturated rings. The van der Waals surface area contributed by atoms with Gasteiger partial charge >= 0.3 is 11.8 Å². The van der Waals surface area contributed by atoms with E-state index in [1.54, 1.807) is 36.4 Å². The minimum absolute atomic E-state index is 0.0319. The summed E-state index contributed by atoms with van der Waals surface area (Å²) in [5.41, 5.74) is 3.44. The summed E-state index contributed by atoms with van der Waals surface area (Å²) in [7, 11) is 0. The minimum Gasteiger partial charge on any atom is -0.490 e. The number of benzene rings is 3. The van der Waals surface area contributed by atoms with Gasteiger partial charge in [0, 0.05) is 11.3 Å². The average Bonchev–Trinajstić information content (AvgIpc) is 2.82. The van der Waals surface area contributed by atoms with Crippen molar-refractivity contribution in [2.75, 3.05) is 11.9 Å². The first-order valence-electron chi connectivity index (χ1n) is 10.1. The number of hydrazone groups is 1. The van der Waals surface area contributed by atoms with Crippen molar-refractivity contribution in [2.24, 2.45) is 5.10 Å². The van der Waals surface area contributed by atoms with E-state index < -0.39 is 11.8 Å². The van der Waals surface area contributed by atoms with Gasteiger partial charge in [-0.25, -0.2) is 9.82 Å². The molecule has 0 atom stereocenters. The van der Waals surface area contributed by atoms with E-state index in [0.29, 0.717) is 39.9 Å². The second-order valence-corrected chi connectivity index (χ2v) is 7.62. The molecule has 0 unspecified atom stereocenters. The molecule has 0 saturated heterocycles. The molecule has 2 amide bonds. The van der Waals surface area contributed by atoms with E-state index in [-0.39, 0.29) is 17.4 Å². The summed E-state index contributed by atoms with van der Waals surface area (Å²) in [6.45, 7) is 2.22. The summed E-state index contributed by atoms with van der Waals surface area (Å²) in [5.74, 6) is -1.42. The minimum atomic E-state index is -0.975. The van der Waals surface area contributed by atoms with Gasteiger partial charge in [-0.1, -0.05) is 41.4 Å². The molecule has 34 heavy (non-hydrogen) atoms. The van der Waals surface area contributed by atoms with Gasteiger partial charge in [0.2, 0.25) is 0 Å².